The van der Waals surface area contributed by atoms with Crippen LogP contribution in [-0.4, -0.2) is 64.7 Å². The SMILES string of the molecule is NC(=S)c1ncnc2c1ncn2[C@H]1O[C@@H](CO)[C@@H](O)[C@H]1O. The molecule has 2 aromatic rings. The predicted molar refractivity (Wildman–Crippen MR) is 74.2 cm³/mol. The van der Waals surface area contributed by atoms with E-state index in [1.807, 2.05) is 0 Å². The molecule has 0 saturated carbocycles. The number of fused-ring (bicyclic) bond motifs is 1. The van der Waals surface area contributed by atoms with Crippen LogP contribution in [0.2, 0.25) is 0 Å². The first-order valence-electron chi connectivity index (χ1n) is 6.14. The fraction of sp³-hybridized carbons (Fsp3) is 0.455. The number of thiocarbonyl (C=S) groups is 1. The summed E-state index contributed by atoms with van der Waals surface area (Å²) in [5.74, 6) is 0. The quantitative estimate of drug-likeness (QED) is 0.477. The maximum absolute atomic E-state index is 10.0. The molecule has 3 rings (SSSR count). The molecule has 1 saturated heterocycles. The Labute approximate surface area is 124 Å². The monoisotopic (exact) mass is 311 g/mol. The summed E-state index contributed by atoms with van der Waals surface area (Å²) < 4.78 is 6.88. The summed E-state index contributed by atoms with van der Waals surface area (Å²) >= 11 is 4.90. The van der Waals surface area contributed by atoms with Crippen LogP contribution in [-0.2, 0) is 4.74 Å². The van der Waals surface area contributed by atoms with E-state index < -0.39 is 31.1 Å². The Kier molecular flexibility index (Phi) is 3.55. The van der Waals surface area contributed by atoms with Crippen molar-refractivity contribution in [2.24, 2.45) is 5.73 Å². The average Bonchev–Trinajstić information content (AvgIpc) is 3.01. The smallest absolute Gasteiger partial charge is 0.166 e. The first-order valence-corrected chi connectivity index (χ1v) is 6.55. The summed E-state index contributed by atoms with van der Waals surface area (Å²) in [4.78, 5) is 12.3. The third-order valence-electron chi connectivity index (χ3n) is 3.38. The van der Waals surface area contributed by atoms with Crippen molar-refractivity contribution in [1.29, 1.82) is 0 Å². The minimum absolute atomic E-state index is 0.0776. The Balaban J connectivity index is 2.06. The number of aromatic nitrogens is 4. The molecular weight excluding hydrogens is 298 g/mol. The number of ether oxygens (including phenoxy) is 1. The number of aliphatic hydroxyl groups excluding tert-OH is 3. The number of rotatable bonds is 3. The fourth-order valence-electron chi connectivity index (χ4n) is 2.33. The Morgan fingerprint density at radius 1 is 1.33 bits per heavy atom. The largest absolute Gasteiger partial charge is 0.394 e. The molecule has 21 heavy (non-hydrogen) atoms. The van der Waals surface area contributed by atoms with Gasteiger partial charge in [0.2, 0.25) is 0 Å². The van der Waals surface area contributed by atoms with Gasteiger partial charge < -0.3 is 25.8 Å². The normalized spacial score (nSPS) is 29.1. The molecule has 4 atom stereocenters. The lowest BCUT2D eigenvalue weighted by Gasteiger charge is -2.16. The molecule has 0 radical (unpaired) electrons. The van der Waals surface area contributed by atoms with Crippen molar-refractivity contribution >= 4 is 28.4 Å². The zero-order valence-electron chi connectivity index (χ0n) is 10.7. The number of hydrogen-bond donors (Lipinski definition) is 4. The zero-order chi connectivity index (χ0) is 15.1. The third kappa shape index (κ3) is 2.17. The molecular formula is C11H13N5O4S. The van der Waals surface area contributed by atoms with Crippen LogP contribution in [0.15, 0.2) is 12.7 Å². The van der Waals surface area contributed by atoms with Crippen molar-refractivity contribution < 1.29 is 20.1 Å². The van der Waals surface area contributed by atoms with Gasteiger partial charge >= 0.3 is 0 Å². The molecule has 0 aliphatic carbocycles. The highest BCUT2D eigenvalue weighted by atomic mass is 32.1. The van der Waals surface area contributed by atoms with Gasteiger partial charge in [-0.05, 0) is 0 Å². The Morgan fingerprint density at radius 3 is 2.71 bits per heavy atom. The lowest BCUT2D eigenvalue weighted by Crippen LogP contribution is -2.33. The number of nitrogens with zero attached hydrogens (tertiary/aromatic N) is 4. The summed E-state index contributed by atoms with van der Waals surface area (Å²) in [5.41, 5.74) is 6.63. The molecule has 0 spiro atoms. The Bertz CT molecular complexity index is 692. The topological polar surface area (TPSA) is 140 Å². The van der Waals surface area contributed by atoms with Gasteiger partial charge in [-0.15, -0.1) is 0 Å². The van der Waals surface area contributed by atoms with E-state index in [1.54, 1.807) is 0 Å². The van der Waals surface area contributed by atoms with E-state index in [1.165, 1.54) is 17.2 Å². The van der Waals surface area contributed by atoms with E-state index >= 15 is 0 Å². The second-order valence-corrected chi connectivity index (χ2v) is 5.08. The highest BCUT2D eigenvalue weighted by Gasteiger charge is 2.44. The van der Waals surface area contributed by atoms with Gasteiger partial charge in [0, 0.05) is 0 Å². The highest BCUT2D eigenvalue weighted by Crippen LogP contribution is 2.31. The van der Waals surface area contributed by atoms with Gasteiger partial charge in [-0.25, -0.2) is 15.0 Å². The van der Waals surface area contributed by atoms with Crippen LogP contribution in [0.3, 0.4) is 0 Å². The standard InChI is InChI=1S/C11H13N5O4S/c12-9(21)5-6-10(14-2-13-5)16(3-15-6)11-8(19)7(18)4(1-17)20-11/h2-4,7-8,11,17-19H,1H2,(H2,12,21)/t4-,7+,8+,11-/m0/s1. The molecule has 0 unspecified atom stereocenters. The van der Waals surface area contributed by atoms with E-state index in [4.69, 9.17) is 27.8 Å². The van der Waals surface area contributed by atoms with Crippen LogP contribution in [0.25, 0.3) is 11.2 Å². The molecule has 1 aliphatic heterocycles. The van der Waals surface area contributed by atoms with Crippen molar-refractivity contribution in [3.05, 3.63) is 18.3 Å². The van der Waals surface area contributed by atoms with Crippen LogP contribution in [0.4, 0.5) is 0 Å². The van der Waals surface area contributed by atoms with E-state index in [0.717, 1.165) is 0 Å². The maximum atomic E-state index is 10.0. The first kappa shape index (κ1) is 14.2. The van der Waals surface area contributed by atoms with E-state index in [2.05, 4.69) is 15.0 Å². The number of hydrogen-bond acceptors (Lipinski definition) is 8. The lowest BCUT2D eigenvalue weighted by molar-refractivity contribution is -0.0511. The molecule has 1 fully saturated rings. The molecule has 0 amide bonds. The van der Waals surface area contributed by atoms with Crippen LogP contribution in [0, 0.1) is 0 Å². The number of imidazole rings is 1. The van der Waals surface area contributed by atoms with Crippen molar-refractivity contribution in [2.45, 2.75) is 24.5 Å². The van der Waals surface area contributed by atoms with Gasteiger partial charge in [-0.1, -0.05) is 12.2 Å². The number of nitrogens with two attached hydrogens (primary N) is 1. The van der Waals surface area contributed by atoms with Gasteiger partial charge in [0.15, 0.2) is 11.9 Å². The number of aliphatic hydroxyl groups is 3. The zero-order valence-corrected chi connectivity index (χ0v) is 11.5. The molecule has 10 heteroatoms. The second kappa shape index (κ2) is 5.24. The molecule has 9 nitrogen and oxygen atoms in total. The molecule has 0 bridgehead atoms. The third-order valence-corrected chi connectivity index (χ3v) is 3.58. The molecule has 2 aromatic heterocycles. The summed E-state index contributed by atoms with van der Waals surface area (Å²) in [7, 11) is 0. The van der Waals surface area contributed by atoms with Gasteiger partial charge in [0.1, 0.15) is 40.8 Å². The van der Waals surface area contributed by atoms with Crippen LogP contribution < -0.4 is 5.73 Å². The van der Waals surface area contributed by atoms with Crippen LogP contribution in [0.5, 0.6) is 0 Å². The molecule has 112 valence electrons. The van der Waals surface area contributed by atoms with Crippen molar-refractivity contribution in [3.63, 3.8) is 0 Å². The lowest BCUT2D eigenvalue weighted by atomic mass is 10.1. The average molecular weight is 311 g/mol. The summed E-state index contributed by atoms with van der Waals surface area (Å²) in [6, 6.07) is 0. The van der Waals surface area contributed by atoms with Gasteiger partial charge in [-0.3, -0.25) is 4.57 Å². The van der Waals surface area contributed by atoms with Gasteiger partial charge in [0.05, 0.1) is 12.9 Å². The van der Waals surface area contributed by atoms with Crippen molar-refractivity contribution in [3.8, 4) is 0 Å². The summed E-state index contributed by atoms with van der Waals surface area (Å²) in [6.45, 7) is -0.408. The Hall–Kier alpha value is -1.72. The second-order valence-electron chi connectivity index (χ2n) is 4.64. The fourth-order valence-corrected chi connectivity index (χ4v) is 2.48. The van der Waals surface area contributed by atoms with E-state index in [9.17, 15) is 10.2 Å². The minimum Gasteiger partial charge on any atom is -0.394 e. The van der Waals surface area contributed by atoms with Crippen LogP contribution in [0.1, 0.15) is 11.9 Å². The predicted octanol–water partition coefficient (Wildman–Crippen LogP) is -1.93. The minimum atomic E-state index is -1.22. The molecule has 1 aliphatic rings. The summed E-state index contributed by atoms with van der Waals surface area (Å²) in [6.07, 6.45) is -1.55. The first-order chi connectivity index (χ1) is 10.0. The van der Waals surface area contributed by atoms with Gasteiger partial charge in [0.25, 0.3) is 0 Å². The van der Waals surface area contributed by atoms with Crippen molar-refractivity contribution in [2.75, 3.05) is 6.61 Å². The van der Waals surface area contributed by atoms with E-state index in [0.29, 0.717) is 16.9 Å². The van der Waals surface area contributed by atoms with Crippen molar-refractivity contribution in [1.82, 2.24) is 19.5 Å². The molecule has 0 aromatic carbocycles. The summed E-state index contributed by atoms with van der Waals surface area (Å²) in [5, 5.41) is 29.0. The highest BCUT2D eigenvalue weighted by molar-refractivity contribution is 7.80. The maximum Gasteiger partial charge on any atom is 0.166 e. The Morgan fingerprint density at radius 2 is 2.10 bits per heavy atom. The van der Waals surface area contributed by atoms with E-state index in [-0.39, 0.29) is 4.99 Å². The molecule has 5 N–H and O–H groups in total. The van der Waals surface area contributed by atoms with Gasteiger partial charge in [-0.2, -0.15) is 0 Å². The van der Waals surface area contributed by atoms with Crippen LogP contribution >= 0.6 is 12.2 Å². The molecule has 3 heterocycles.